The van der Waals surface area contributed by atoms with Gasteiger partial charge in [0.25, 0.3) is 0 Å². The maximum atomic E-state index is 13.3. The van der Waals surface area contributed by atoms with Gasteiger partial charge in [-0.1, -0.05) is 25.1 Å². The van der Waals surface area contributed by atoms with Crippen molar-refractivity contribution in [2.45, 2.75) is 23.5 Å². The lowest BCUT2D eigenvalue weighted by Crippen LogP contribution is -2.64. The molecule has 4 nitrogen and oxygen atoms in total. The highest BCUT2D eigenvalue weighted by Crippen LogP contribution is 2.36. The van der Waals surface area contributed by atoms with E-state index in [0.29, 0.717) is 16.4 Å². The van der Waals surface area contributed by atoms with E-state index in [0.717, 1.165) is 11.8 Å². The lowest BCUT2D eigenvalue weighted by atomic mass is 10.0. The number of hydrogen-bond donors (Lipinski definition) is 2. The number of likely N-dealkylation sites (N-methyl/N-ethyl adjacent to an activating group) is 1. The molecule has 2 rings (SSSR count). The molecule has 26 heavy (non-hydrogen) atoms. The Morgan fingerprint density at radius 3 is 2.15 bits per heavy atom. The molecule has 140 valence electrons. The van der Waals surface area contributed by atoms with E-state index in [2.05, 4.69) is 5.32 Å². The highest BCUT2D eigenvalue weighted by molar-refractivity contribution is 7.99. The number of carboxylic acid groups (broad SMARTS) is 1. The molecule has 0 saturated carbocycles. The summed E-state index contributed by atoms with van der Waals surface area (Å²) in [7, 11) is 0. The molecule has 0 saturated heterocycles. The summed E-state index contributed by atoms with van der Waals surface area (Å²) in [5, 5.41) is 11.2. The second-order valence-electron chi connectivity index (χ2n) is 5.41. The van der Waals surface area contributed by atoms with Crippen molar-refractivity contribution in [2.75, 3.05) is 12.3 Å². The molecule has 0 spiro atoms. The minimum absolute atomic E-state index is 0.115. The Balaban J connectivity index is 2.08. The molecule has 2 aromatic rings. The van der Waals surface area contributed by atoms with Crippen molar-refractivity contribution in [3.63, 3.8) is 0 Å². The van der Waals surface area contributed by atoms with Crippen LogP contribution in [-0.4, -0.2) is 35.1 Å². The molecule has 0 fully saturated rings. The van der Waals surface area contributed by atoms with Gasteiger partial charge in [-0.15, -0.1) is 11.8 Å². The third-order valence-corrected chi connectivity index (χ3v) is 4.77. The van der Waals surface area contributed by atoms with Crippen LogP contribution < -0.4 is 10.1 Å². The Morgan fingerprint density at radius 2 is 1.65 bits per heavy atom. The zero-order chi connectivity index (χ0) is 19.2. The van der Waals surface area contributed by atoms with E-state index in [1.54, 1.807) is 36.4 Å². The standard InChI is InChI=1S/C18H18F3NO3S/c1-2-22-17(16(23)24,18(19,20)21)12-26-15-10-8-14(9-11-15)25-13-6-4-3-5-7-13/h3-11,22H,2,12H2,1H3,(H,23,24). The Morgan fingerprint density at radius 1 is 1.08 bits per heavy atom. The van der Waals surface area contributed by atoms with Crippen LogP contribution in [0.15, 0.2) is 59.5 Å². The minimum Gasteiger partial charge on any atom is -0.480 e. The molecule has 1 unspecified atom stereocenters. The Labute approximate surface area is 153 Å². The number of benzene rings is 2. The fourth-order valence-corrected chi connectivity index (χ4v) is 3.31. The second kappa shape index (κ2) is 8.46. The van der Waals surface area contributed by atoms with E-state index < -0.39 is 23.4 Å². The van der Waals surface area contributed by atoms with Crippen LogP contribution in [0.2, 0.25) is 0 Å². The van der Waals surface area contributed by atoms with Crippen LogP contribution in [0.25, 0.3) is 0 Å². The predicted octanol–water partition coefficient (Wildman–Crippen LogP) is 4.57. The summed E-state index contributed by atoms with van der Waals surface area (Å²) >= 11 is 0.819. The molecule has 2 N–H and O–H groups in total. The van der Waals surface area contributed by atoms with Gasteiger partial charge in [0.15, 0.2) is 0 Å². The molecule has 1 atom stereocenters. The van der Waals surface area contributed by atoms with Crippen LogP contribution in [0.4, 0.5) is 13.2 Å². The van der Waals surface area contributed by atoms with E-state index >= 15 is 0 Å². The molecule has 0 aliphatic carbocycles. The summed E-state index contributed by atoms with van der Waals surface area (Å²) < 4.78 is 45.7. The van der Waals surface area contributed by atoms with Gasteiger partial charge >= 0.3 is 12.1 Å². The third-order valence-electron chi connectivity index (χ3n) is 3.59. The number of halogens is 3. The van der Waals surface area contributed by atoms with Crippen LogP contribution in [0.3, 0.4) is 0 Å². The maximum absolute atomic E-state index is 13.3. The van der Waals surface area contributed by atoms with E-state index in [9.17, 15) is 18.0 Å². The molecule has 2 aromatic carbocycles. The summed E-state index contributed by atoms with van der Waals surface area (Å²) in [6.07, 6.45) is -4.92. The molecule has 0 heterocycles. The SMILES string of the molecule is CCNC(CSc1ccc(Oc2ccccc2)cc1)(C(=O)O)C(F)(F)F. The molecule has 0 radical (unpaired) electrons. The lowest BCUT2D eigenvalue weighted by molar-refractivity contribution is -0.204. The molecule has 0 aromatic heterocycles. The monoisotopic (exact) mass is 385 g/mol. The first kappa shape index (κ1) is 20.1. The largest absolute Gasteiger partial charge is 0.480 e. The van der Waals surface area contributed by atoms with Crippen molar-refractivity contribution in [1.29, 1.82) is 0 Å². The van der Waals surface area contributed by atoms with Gasteiger partial charge in [0.05, 0.1) is 0 Å². The number of rotatable bonds is 8. The van der Waals surface area contributed by atoms with E-state index in [1.807, 2.05) is 18.2 Å². The average molecular weight is 385 g/mol. The van der Waals surface area contributed by atoms with Gasteiger partial charge in [-0.3, -0.25) is 5.32 Å². The van der Waals surface area contributed by atoms with Crippen molar-refractivity contribution >= 4 is 17.7 Å². The molecule has 0 aliphatic rings. The number of hydrogen-bond acceptors (Lipinski definition) is 4. The van der Waals surface area contributed by atoms with Crippen molar-refractivity contribution < 1.29 is 27.8 Å². The fourth-order valence-electron chi connectivity index (χ4n) is 2.21. The molecule has 0 amide bonds. The average Bonchev–Trinajstić information content (AvgIpc) is 2.59. The maximum Gasteiger partial charge on any atom is 0.418 e. The first-order chi connectivity index (χ1) is 12.3. The number of carbonyl (C=O) groups is 1. The first-order valence-corrected chi connectivity index (χ1v) is 8.78. The molecule has 0 aliphatic heterocycles. The van der Waals surface area contributed by atoms with Gasteiger partial charge in [0.2, 0.25) is 5.54 Å². The van der Waals surface area contributed by atoms with Crippen molar-refractivity contribution in [2.24, 2.45) is 0 Å². The highest BCUT2D eigenvalue weighted by Gasteiger charge is 2.60. The van der Waals surface area contributed by atoms with Crippen LogP contribution >= 0.6 is 11.8 Å². The van der Waals surface area contributed by atoms with Crippen LogP contribution in [0.1, 0.15) is 6.92 Å². The number of thioether (sulfide) groups is 1. The summed E-state index contributed by atoms with van der Waals surface area (Å²) in [6, 6.07) is 15.5. The first-order valence-electron chi connectivity index (χ1n) is 7.79. The number of alkyl halides is 3. The molecular weight excluding hydrogens is 367 g/mol. The van der Waals surface area contributed by atoms with Crippen molar-refractivity contribution in [3.8, 4) is 11.5 Å². The zero-order valence-electron chi connectivity index (χ0n) is 13.9. The van der Waals surface area contributed by atoms with Gasteiger partial charge in [-0.25, -0.2) is 4.79 Å². The lowest BCUT2D eigenvalue weighted by Gasteiger charge is -2.32. The van der Waals surface area contributed by atoms with Gasteiger partial charge in [0, 0.05) is 10.6 Å². The second-order valence-corrected chi connectivity index (χ2v) is 6.46. The van der Waals surface area contributed by atoms with Gasteiger partial charge in [0.1, 0.15) is 11.5 Å². The smallest absolute Gasteiger partial charge is 0.418 e. The van der Waals surface area contributed by atoms with Gasteiger partial charge in [-0.05, 0) is 42.9 Å². The topological polar surface area (TPSA) is 58.6 Å². The predicted molar refractivity (Wildman–Crippen MR) is 93.8 cm³/mol. The summed E-state index contributed by atoms with van der Waals surface area (Å²) in [6.45, 7) is 1.32. The third kappa shape index (κ3) is 4.70. The van der Waals surface area contributed by atoms with Crippen LogP contribution in [0, 0.1) is 0 Å². The summed E-state index contributed by atoms with van der Waals surface area (Å²) in [4.78, 5) is 11.8. The fraction of sp³-hybridized carbons (Fsp3) is 0.278. The Kier molecular flexibility index (Phi) is 6.55. The molecule has 0 bridgehead atoms. The molecule has 8 heteroatoms. The van der Waals surface area contributed by atoms with Crippen molar-refractivity contribution in [3.05, 3.63) is 54.6 Å². The Hall–Kier alpha value is -2.19. The minimum atomic E-state index is -4.92. The quantitative estimate of drug-likeness (QED) is 0.652. The summed E-state index contributed by atoms with van der Waals surface area (Å²) in [5.41, 5.74) is -2.99. The van der Waals surface area contributed by atoms with E-state index in [4.69, 9.17) is 9.84 Å². The van der Waals surface area contributed by atoms with Crippen LogP contribution in [0.5, 0.6) is 11.5 Å². The highest BCUT2D eigenvalue weighted by atomic mass is 32.2. The number of carboxylic acids is 1. The molecular formula is C18H18F3NO3S. The number of aliphatic carboxylic acids is 1. The summed E-state index contributed by atoms with van der Waals surface area (Å²) in [5.74, 6) is -1.45. The van der Waals surface area contributed by atoms with Crippen LogP contribution in [-0.2, 0) is 4.79 Å². The number of ether oxygens (including phenoxy) is 1. The van der Waals surface area contributed by atoms with Gasteiger partial charge < -0.3 is 9.84 Å². The number of nitrogens with one attached hydrogen (secondary N) is 1. The Bertz CT molecular complexity index is 723. The van der Waals surface area contributed by atoms with E-state index in [1.165, 1.54) is 6.92 Å². The normalized spacial score (nSPS) is 13.8. The van der Waals surface area contributed by atoms with Gasteiger partial charge in [-0.2, -0.15) is 13.2 Å². The zero-order valence-corrected chi connectivity index (χ0v) is 14.7. The van der Waals surface area contributed by atoms with E-state index in [-0.39, 0.29) is 6.54 Å². The number of para-hydroxylation sites is 1. The van der Waals surface area contributed by atoms with Crippen molar-refractivity contribution in [1.82, 2.24) is 5.32 Å².